The Morgan fingerprint density at radius 2 is 1.87 bits per heavy atom. The van der Waals surface area contributed by atoms with E-state index in [9.17, 15) is 9.59 Å². The monoisotopic (exact) mass is 314 g/mol. The van der Waals surface area contributed by atoms with Gasteiger partial charge in [0.05, 0.1) is 11.4 Å². The van der Waals surface area contributed by atoms with Crippen LogP contribution in [0, 0.1) is 13.8 Å². The van der Waals surface area contributed by atoms with Crippen LogP contribution in [0.5, 0.6) is 0 Å². The molecular formula is C17H22N4O2. The van der Waals surface area contributed by atoms with Crippen molar-refractivity contribution in [2.24, 2.45) is 5.73 Å². The number of aromatic nitrogens is 2. The van der Waals surface area contributed by atoms with Crippen LogP contribution < -0.4 is 11.1 Å². The van der Waals surface area contributed by atoms with E-state index in [-0.39, 0.29) is 11.6 Å². The van der Waals surface area contributed by atoms with Crippen molar-refractivity contribution in [3.05, 3.63) is 46.8 Å². The van der Waals surface area contributed by atoms with Crippen molar-refractivity contribution < 1.29 is 9.59 Å². The molecule has 0 atom stereocenters. The van der Waals surface area contributed by atoms with E-state index in [4.69, 9.17) is 5.73 Å². The third-order valence-electron chi connectivity index (χ3n) is 3.68. The topological polar surface area (TPSA) is 101 Å². The molecule has 6 nitrogen and oxygen atoms in total. The number of nitrogens with one attached hydrogen (secondary N) is 2. The number of carbonyl (C=O) groups excluding carboxylic acids is 2. The lowest BCUT2D eigenvalue weighted by Gasteiger charge is -2.06. The quantitative estimate of drug-likeness (QED) is 0.684. The number of aromatic amines is 1. The standard InChI is InChI=1S/C17H22N4O2/c1-11-7-9-13(10-8-11)5-3-4-6-14(22)19-15-12(2)20-21-16(15)17(18)23/h7-10H,3-6H2,1-2H3,(H2,18,23)(H,19,22)(H,20,21). The van der Waals surface area contributed by atoms with Crippen molar-refractivity contribution in [2.45, 2.75) is 39.5 Å². The van der Waals surface area contributed by atoms with Gasteiger partial charge in [-0.3, -0.25) is 14.7 Å². The number of unbranched alkanes of at least 4 members (excludes halogenated alkanes) is 1. The second kappa shape index (κ2) is 7.58. The van der Waals surface area contributed by atoms with Gasteiger partial charge >= 0.3 is 0 Å². The number of aryl methyl sites for hydroxylation is 3. The largest absolute Gasteiger partial charge is 0.364 e. The van der Waals surface area contributed by atoms with Crippen LogP contribution in [0.25, 0.3) is 0 Å². The molecule has 6 heteroatoms. The molecule has 2 aromatic rings. The van der Waals surface area contributed by atoms with Crippen molar-refractivity contribution in [3.8, 4) is 0 Å². The van der Waals surface area contributed by atoms with E-state index in [1.165, 1.54) is 11.1 Å². The van der Waals surface area contributed by atoms with Gasteiger partial charge in [0.25, 0.3) is 5.91 Å². The first kappa shape index (κ1) is 16.7. The van der Waals surface area contributed by atoms with Gasteiger partial charge in [0.2, 0.25) is 5.91 Å². The van der Waals surface area contributed by atoms with Crippen LogP contribution in [0.15, 0.2) is 24.3 Å². The van der Waals surface area contributed by atoms with Gasteiger partial charge in [0.15, 0.2) is 5.69 Å². The molecule has 0 unspecified atom stereocenters. The lowest BCUT2D eigenvalue weighted by molar-refractivity contribution is -0.116. The van der Waals surface area contributed by atoms with E-state index in [1.54, 1.807) is 6.92 Å². The van der Waals surface area contributed by atoms with Gasteiger partial charge in [-0.2, -0.15) is 5.10 Å². The molecule has 2 rings (SSSR count). The fourth-order valence-electron chi connectivity index (χ4n) is 2.33. The number of nitrogens with zero attached hydrogens (tertiary/aromatic N) is 1. The van der Waals surface area contributed by atoms with Gasteiger partial charge in [0.1, 0.15) is 0 Å². The number of amides is 2. The van der Waals surface area contributed by atoms with Crippen LogP contribution in [0.3, 0.4) is 0 Å². The highest BCUT2D eigenvalue weighted by molar-refractivity contribution is 6.02. The zero-order chi connectivity index (χ0) is 16.8. The molecule has 0 aliphatic heterocycles. The van der Waals surface area contributed by atoms with Crippen molar-refractivity contribution in [1.29, 1.82) is 0 Å². The minimum absolute atomic E-state index is 0.0653. The molecule has 0 aliphatic carbocycles. The number of rotatable bonds is 7. The number of hydrogen-bond acceptors (Lipinski definition) is 3. The Bertz CT molecular complexity index is 689. The minimum atomic E-state index is -0.663. The molecule has 0 saturated carbocycles. The summed E-state index contributed by atoms with van der Waals surface area (Å²) in [6, 6.07) is 8.41. The van der Waals surface area contributed by atoms with E-state index in [2.05, 4.69) is 46.7 Å². The molecule has 122 valence electrons. The van der Waals surface area contributed by atoms with Gasteiger partial charge in [0, 0.05) is 6.42 Å². The first-order valence-electron chi connectivity index (χ1n) is 7.67. The molecular weight excluding hydrogens is 292 g/mol. The molecule has 0 radical (unpaired) electrons. The number of nitrogens with two attached hydrogens (primary N) is 1. The summed E-state index contributed by atoms with van der Waals surface area (Å²) in [6.45, 7) is 3.79. The second-order valence-corrected chi connectivity index (χ2v) is 5.68. The van der Waals surface area contributed by atoms with Gasteiger partial charge in [-0.05, 0) is 38.7 Å². The molecule has 1 aromatic heterocycles. The van der Waals surface area contributed by atoms with Crippen molar-refractivity contribution in [3.63, 3.8) is 0 Å². The molecule has 0 bridgehead atoms. The molecule has 2 amide bonds. The number of H-pyrrole nitrogens is 1. The van der Waals surface area contributed by atoms with Gasteiger partial charge in [-0.15, -0.1) is 0 Å². The van der Waals surface area contributed by atoms with Crippen molar-refractivity contribution in [1.82, 2.24) is 10.2 Å². The Kier molecular flexibility index (Phi) is 5.51. The minimum Gasteiger partial charge on any atom is -0.364 e. The Morgan fingerprint density at radius 3 is 2.52 bits per heavy atom. The van der Waals surface area contributed by atoms with Crippen LogP contribution in [0.4, 0.5) is 5.69 Å². The molecule has 0 saturated heterocycles. The van der Waals surface area contributed by atoms with E-state index < -0.39 is 5.91 Å². The maximum absolute atomic E-state index is 12.0. The van der Waals surface area contributed by atoms with E-state index in [0.29, 0.717) is 17.8 Å². The highest BCUT2D eigenvalue weighted by Gasteiger charge is 2.16. The van der Waals surface area contributed by atoms with Gasteiger partial charge in [-0.25, -0.2) is 0 Å². The van der Waals surface area contributed by atoms with E-state index >= 15 is 0 Å². The summed E-state index contributed by atoms with van der Waals surface area (Å²) >= 11 is 0. The summed E-state index contributed by atoms with van der Waals surface area (Å²) in [5.41, 5.74) is 8.81. The van der Waals surface area contributed by atoms with E-state index in [1.807, 2.05) is 0 Å². The average molecular weight is 314 g/mol. The number of anilines is 1. The predicted octanol–water partition coefficient (Wildman–Crippen LogP) is 2.48. The first-order chi connectivity index (χ1) is 11.0. The normalized spacial score (nSPS) is 10.5. The smallest absolute Gasteiger partial charge is 0.271 e. The van der Waals surface area contributed by atoms with Gasteiger partial charge in [-0.1, -0.05) is 29.8 Å². The summed E-state index contributed by atoms with van der Waals surface area (Å²) in [5, 5.41) is 9.16. The summed E-state index contributed by atoms with van der Waals surface area (Å²) < 4.78 is 0. The molecule has 0 spiro atoms. The third-order valence-corrected chi connectivity index (χ3v) is 3.68. The zero-order valence-corrected chi connectivity index (χ0v) is 13.5. The molecule has 0 aliphatic rings. The first-order valence-corrected chi connectivity index (χ1v) is 7.67. The van der Waals surface area contributed by atoms with Crippen LogP contribution in [-0.4, -0.2) is 22.0 Å². The van der Waals surface area contributed by atoms with Gasteiger partial charge < -0.3 is 11.1 Å². The highest BCUT2D eigenvalue weighted by atomic mass is 16.2. The maximum Gasteiger partial charge on any atom is 0.271 e. The van der Waals surface area contributed by atoms with Crippen LogP contribution >= 0.6 is 0 Å². The predicted molar refractivity (Wildman–Crippen MR) is 89.2 cm³/mol. The molecule has 23 heavy (non-hydrogen) atoms. The zero-order valence-electron chi connectivity index (χ0n) is 13.5. The summed E-state index contributed by atoms with van der Waals surface area (Å²) in [6.07, 6.45) is 3.06. The third kappa shape index (κ3) is 4.67. The summed E-state index contributed by atoms with van der Waals surface area (Å²) in [7, 11) is 0. The molecule has 4 N–H and O–H groups in total. The maximum atomic E-state index is 12.0. The number of primary amides is 1. The Balaban J connectivity index is 1.78. The highest BCUT2D eigenvalue weighted by Crippen LogP contribution is 2.17. The fourth-order valence-corrected chi connectivity index (χ4v) is 2.33. The van der Waals surface area contributed by atoms with Crippen LogP contribution in [0.1, 0.15) is 46.6 Å². The summed E-state index contributed by atoms with van der Waals surface area (Å²) in [5.74, 6) is -0.801. The van der Waals surface area contributed by atoms with E-state index in [0.717, 1.165) is 19.3 Å². The average Bonchev–Trinajstić information content (AvgIpc) is 2.87. The summed E-state index contributed by atoms with van der Waals surface area (Å²) in [4.78, 5) is 23.2. The number of benzene rings is 1. The lowest BCUT2D eigenvalue weighted by Crippen LogP contribution is -2.18. The number of hydrogen-bond donors (Lipinski definition) is 3. The molecule has 1 aromatic carbocycles. The number of carbonyl (C=O) groups is 2. The van der Waals surface area contributed by atoms with Crippen LogP contribution in [0.2, 0.25) is 0 Å². The Labute approximate surface area is 135 Å². The Hall–Kier alpha value is -2.63. The molecule has 1 heterocycles. The van der Waals surface area contributed by atoms with Crippen LogP contribution in [-0.2, 0) is 11.2 Å². The SMILES string of the molecule is Cc1ccc(CCCCC(=O)Nc2c(C(N)=O)n[nH]c2C)cc1. The Morgan fingerprint density at radius 1 is 1.17 bits per heavy atom. The van der Waals surface area contributed by atoms with Crippen molar-refractivity contribution >= 4 is 17.5 Å². The van der Waals surface area contributed by atoms with Crippen molar-refractivity contribution in [2.75, 3.05) is 5.32 Å². The molecule has 0 fully saturated rings. The second-order valence-electron chi connectivity index (χ2n) is 5.68. The lowest BCUT2D eigenvalue weighted by atomic mass is 10.1. The fraction of sp³-hybridized carbons (Fsp3) is 0.353.